The van der Waals surface area contributed by atoms with Crippen molar-refractivity contribution in [2.45, 2.75) is 37.4 Å². The minimum atomic E-state index is -3.24. The number of sulfone groups is 1. The third-order valence-corrected chi connectivity index (χ3v) is 6.79. The molecule has 1 fully saturated rings. The Hall–Kier alpha value is -2.33. The maximum atomic E-state index is 12.2. The normalized spacial score (nSPS) is 14.6. The molecule has 2 amide bonds. The fourth-order valence-corrected chi connectivity index (χ4v) is 4.87. The van der Waals surface area contributed by atoms with Gasteiger partial charge in [0.2, 0.25) is 11.8 Å². The van der Waals surface area contributed by atoms with Crippen LogP contribution in [0.4, 0.5) is 5.69 Å². The fraction of sp³-hybridized carbons (Fsp3) is 0.474. The minimum Gasteiger partial charge on any atom is -0.336 e. The maximum absolute atomic E-state index is 12.2. The molecule has 0 heterocycles. The van der Waals surface area contributed by atoms with E-state index in [1.165, 1.54) is 11.9 Å². The Balaban J connectivity index is 1.82. The highest BCUT2D eigenvalue weighted by Crippen LogP contribution is 2.25. The molecule has 6 nitrogen and oxygen atoms in total. The van der Waals surface area contributed by atoms with Crippen molar-refractivity contribution in [2.75, 3.05) is 24.7 Å². The summed E-state index contributed by atoms with van der Waals surface area (Å²) in [5.74, 6) is 1.59. The van der Waals surface area contributed by atoms with Gasteiger partial charge in [-0.2, -0.15) is 0 Å². The summed E-state index contributed by atoms with van der Waals surface area (Å²) in [5, 5.41) is 2.36. The molecule has 0 unspecified atom stereocenters. The molecule has 1 aliphatic rings. The van der Waals surface area contributed by atoms with Crippen LogP contribution in [0.3, 0.4) is 0 Å². The second kappa shape index (κ2) is 8.86. The summed E-state index contributed by atoms with van der Waals surface area (Å²) in [4.78, 5) is 25.5. The van der Waals surface area contributed by atoms with Crippen molar-refractivity contribution in [2.24, 2.45) is 0 Å². The second-order valence-electron chi connectivity index (χ2n) is 6.55. The zero-order chi connectivity index (χ0) is 19.2. The Morgan fingerprint density at radius 2 is 2.00 bits per heavy atom. The van der Waals surface area contributed by atoms with Crippen molar-refractivity contribution in [3.63, 3.8) is 0 Å². The molecular formula is C19H24N2O4S. The largest absolute Gasteiger partial charge is 0.336 e. The van der Waals surface area contributed by atoms with Crippen molar-refractivity contribution in [1.82, 2.24) is 4.90 Å². The molecule has 1 aromatic rings. The Bertz CT molecular complexity index is 805. The molecule has 1 saturated carbocycles. The van der Waals surface area contributed by atoms with Crippen LogP contribution in [0.1, 0.15) is 37.7 Å². The number of terminal acetylenes is 1. The molecule has 1 aromatic carbocycles. The maximum Gasteiger partial charge on any atom is 0.243 e. The molecule has 7 heteroatoms. The molecule has 0 radical (unpaired) electrons. The lowest BCUT2D eigenvalue weighted by Gasteiger charge is -2.18. The Labute approximate surface area is 154 Å². The molecule has 0 spiro atoms. The summed E-state index contributed by atoms with van der Waals surface area (Å²) in [5.41, 5.74) is 1.19. The van der Waals surface area contributed by atoms with Crippen LogP contribution in [-0.2, 0) is 19.4 Å². The van der Waals surface area contributed by atoms with E-state index >= 15 is 0 Å². The highest BCUT2D eigenvalue weighted by Gasteiger charge is 2.29. The van der Waals surface area contributed by atoms with Crippen LogP contribution in [0.5, 0.6) is 0 Å². The molecule has 0 aliphatic heterocycles. The van der Waals surface area contributed by atoms with Crippen LogP contribution in [0.2, 0.25) is 0 Å². The lowest BCUT2D eigenvalue weighted by Crippen LogP contribution is -2.36. The van der Waals surface area contributed by atoms with E-state index in [-0.39, 0.29) is 35.8 Å². The SMILES string of the molecule is C#Cc1cccc(NC(=O)CN(C)C(=O)CCS(=O)(=O)C2CCCC2)c1. The molecule has 2 rings (SSSR count). The lowest BCUT2D eigenvalue weighted by atomic mass is 10.2. The van der Waals surface area contributed by atoms with E-state index in [0.29, 0.717) is 24.1 Å². The first kappa shape index (κ1) is 20.0. The number of hydrogen-bond donors (Lipinski definition) is 1. The van der Waals surface area contributed by atoms with Crippen LogP contribution >= 0.6 is 0 Å². The number of amides is 2. The highest BCUT2D eigenvalue weighted by atomic mass is 32.2. The van der Waals surface area contributed by atoms with Gasteiger partial charge >= 0.3 is 0 Å². The topological polar surface area (TPSA) is 83.6 Å². The van der Waals surface area contributed by atoms with Gasteiger partial charge in [0.1, 0.15) is 0 Å². The average molecular weight is 376 g/mol. The van der Waals surface area contributed by atoms with Crippen LogP contribution in [-0.4, -0.2) is 49.7 Å². The summed E-state index contributed by atoms with van der Waals surface area (Å²) in [6.07, 6.45) is 8.45. The third kappa shape index (κ3) is 5.60. The Morgan fingerprint density at radius 1 is 1.31 bits per heavy atom. The number of carbonyl (C=O) groups is 2. The number of nitrogens with zero attached hydrogens (tertiary/aromatic N) is 1. The van der Waals surface area contributed by atoms with Gasteiger partial charge in [-0.3, -0.25) is 9.59 Å². The predicted molar refractivity (Wildman–Crippen MR) is 101 cm³/mol. The van der Waals surface area contributed by atoms with Gasteiger partial charge in [0, 0.05) is 24.7 Å². The summed E-state index contributed by atoms with van der Waals surface area (Å²) >= 11 is 0. The van der Waals surface area contributed by atoms with E-state index < -0.39 is 9.84 Å². The fourth-order valence-electron chi connectivity index (χ4n) is 3.03. The highest BCUT2D eigenvalue weighted by molar-refractivity contribution is 7.92. The van der Waals surface area contributed by atoms with Gasteiger partial charge < -0.3 is 10.2 Å². The standard InChI is InChI=1S/C19H24N2O4S/c1-3-15-7-6-8-16(13-15)20-18(22)14-21(2)19(23)11-12-26(24,25)17-9-4-5-10-17/h1,6-8,13,17H,4-5,9-12,14H2,2H3,(H,20,22). The van der Waals surface area contributed by atoms with Gasteiger partial charge in [0.05, 0.1) is 17.5 Å². The first-order chi connectivity index (χ1) is 12.3. The molecule has 0 bridgehead atoms. The number of anilines is 1. The molecule has 0 aromatic heterocycles. The van der Waals surface area contributed by atoms with Gasteiger partial charge in [0.15, 0.2) is 9.84 Å². The zero-order valence-corrected chi connectivity index (χ0v) is 15.7. The zero-order valence-electron chi connectivity index (χ0n) is 14.9. The number of hydrogen-bond acceptors (Lipinski definition) is 4. The van der Waals surface area contributed by atoms with Gasteiger partial charge in [-0.1, -0.05) is 24.8 Å². The summed E-state index contributed by atoms with van der Waals surface area (Å²) in [7, 11) is -1.75. The van der Waals surface area contributed by atoms with Crippen molar-refractivity contribution in [3.8, 4) is 12.3 Å². The van der Waals surface area contributed by atoms with E-state index in [0.717, 1.165) is 12.8 Å². The number of benzene rings is 1. The van der Waals surface area contributed by atoms with Gasteiger partial charge in [-0.15, -0.1) is 6.42 Å². The quantitative estimate of drug-likeness (QED) is 0.736. The first-order valence-corrected chi connectivity index (χ1v) is 10.4. The monoisotopic (exact) mass is 376 g/mol. The smallest absolute Gasteiger partial charge is 0.243 e. The van der Waals surface area contributed by atoms with Gasteiger partial charge in [-0.05, 0) is 31.0 Å². The number of nitrogens with one attached hydrogen (secondary N) is 1. The third-order valence-electron chi connectivity index (χ3n) is 4.53. The van der Waals surface area contributed by atoms with E-state index in [9.17, 15) is 18.0 Å². The van der Waals surface area contributed by atoms with E-state index in [4.69, 9.17) is 6.42 Å². The van der Waals surface area contributed by atoms with E-state index in [1.807, 2.05) is 0 Å². The molecule has 140 valence electrons. The van der Waals surface area contributed by atoms with Gasteiger partial charge in [0.25, 0.3) is 0 Å². The summed E-state index contributed by atoms with van der Waals surface area (Å²) in [6, 6.07) is 6.84. The molecular weight excluding hydrogens is 352 g/mol. The van der Waals surface area contributed by atoms with Crippen LogP contribution in [0.25, 0.3) is 0 Å². The molecule has 0 atom stereocenters. The number of carbonyl (C=O) groups excluding carboxylic acids is 2. The van der Waals surface area contributed by atoms with Crippen molar-refractivity contribution >= 4 is 27.3 Å². The second-order valence-corrected chi connectivity index (χ2v) is 8.95. The van der Waals surface area contributed by atoms with Crippen LogP contribution < -0.4 is 5.32 Å². The number of rotatable bonds is 7. The van der Waals surface area contributed by atoms with Crippen molar-refractivity contribution in [3.05, 3.63) is 29.8 Å². The molecule has 1 N–H and O–H groups in total. The van der Waals surface area contributed by atoms with Gasteiger partial charge in [-0.25, -0.2) is 8.42 Å². The predicted octanol–water partition coefficient (Wildman–Crippen LogP) is 1.81. The molecule has 1 aliphatic carbocycles. The van der Waals surface area contributed by atoms with Crippen LogP contribution in [0, 0.1) is 12.3 Å². The lowest BCUT2D eigenvalue weighted by molar-refractivity contribution is -0.132. The molecule has 26 heavy (non-hydrogen) atoms. The van der Waals surface area contributed by atoms with Crippen LogP contribution in [0.15, 0.2) is 24.3 Å². The molecule has 0 saturated heterocycles. The van der Waals surface area contributed by atoms with E-state index in [2.05, 4.69) is 11.2 Å². The minimum absolute atomic E-state index is 0.102. The van der Waals surface area contributed by atoms with Crippen molar-refractivity contribution in [1.29, 1.82) is 0 Å². The number of likely N-dealkylation sites (N-methyl/N-ethyl adjacent to an activating group) is 1. The van der Waals surface area contributed by atoms with E-state index in [1.54, 1.807) is 24.3 Å². The first-order valence-electron chi connectivity index (χ1n) is 8.64. The van der Waals surface area contributed by atoms with Crippen molar-refractivity contribution < 1.29 is 18.0 Å². The Kier molecular flexibility index (Phi) is 6.81. The summed E-state index contributed by atoms with van der Waals surface area (Å²) in [6.45, 7) is -0.150. The Morgan fingerprint density at radius 3 is 2.65 bits per heavy atom. The average Bonchev–Trinajstić information content (AvgIpc) is 3.15. The summed E-state index contributed by atoms with van der Waals surface area (Å²) < 4.78 is 24.4.